The number of furan rings is 1. The lowest BCUT2D eigenvalue weighted by molar-refractivity contribution is 0.0962. The van der Waals surface area contributed by atoms with E-state index in [9.17, 15) is 13.2 Å². The van der Waals surface area contributed by atoms with Gasteiger partial charge in [0.15, 0.2) is 0 Å². The molecule has 2 aromatic rings. The first kappa shape index (κ1) is 16.3. The number of carbonyl (C=O) groups is 1. The van der Waals surface area contributed by atoms with Gasteiger partial charge in [-0.15, -0.1) is 0 Å². The maximum absolute atomic E-state index is 12.2. The first-order chi connectivity index (χ1) is 10.9. The highest BCUT2D eigenvalue weighted by Gasteiger charge is 2.33. The normalized spacial score (nSPS) is 14.9. The van der Waals surface area contributed by atoms with Crippen molar-refractivity contribution in [2.75, 3.05) is 17.5 Å². The second kappa shape index (κ2) is 5.83. The Kier molecular flexibility index (Phi) is 4.14. The van der Waals surface area contributed by atoms with Gasteiger partial charge in [0.25, 0.3) is 5.91 Å². The first-order valence-corrected chi connectivity index (χ1v) is 9.79. The Morgan fingerprint density at radius 2 is 2.09 bits per heavy atom. The van der Waals surface area contributed by atoms with Gasteiger partial charge in [0.05, 0.1) is 17.0 Å². The van der Waals surface area contributed by atoms with Gasteiger partial charge < -0.3 is 9.73 Å². The molecule has 0 saturated heterocycles. The molecule has 1 aliphatic carbocycles. The largest absolute Gasteiger partial charge is 0.460 e. The summed E-state index contributed by atoms with van der Waals surface area (Å²) in [7, 11) is -1.81. The number of anilines is 1. The molecule has 3 rings (SSSR count). The Labute approximate surface area is 142 Å². The number of hydrogen-bond donors (Lipinski definition) is 2. The van der Waals surface area contributed by atoms with E-state index >= 15 is 0 Å². The summed E-state index contributed by atoms with van der Waals surface area (Å²) in [4.78, 5) is 12.2. The molecule has 23 heavy (non-hydrogen) atoms. The topological polar surface area (TPSA) is 88.4 Å². The number of sulfonamides is 1. The predicted octanol–water partition coefficient (Wildman–Crippen LogP) is 3.19. The summed E-state index contributed by atoms with van der Waals surface area (Å²) < 4.78 is 32.5. The van der Waals surface area contributed by atoms with Crippen LogP contribution < -0.4 is 10.0 Å². The van der Waals surface area contributed by atoms with Crippen LogP contribution in [0.4, 0.5) is 5.69 Å². The van der Waals surface area contributed by atoms with Crippen LogP contribution in [-0.2, 0) is 10.0 Å². The molecule has 0 unspecified atom stereocenters. The molecule has 0 radical (unpaired) electrons. The Balaban J connectivity index is 2.16. The van der Waals surface area contributed by atoms with E-state index < -0.39 is 10.0 Å². The van der Waals surface area contributed by atoms with Crippen molar-refractivity contribution in [2.45, 2.75) is 25.7 Å². The van der Waals surface area contributed by atoms with Gasteiger partial charge in [-0.3, -0.25) is 9.52 Å². The van der Waals surface area contributed by atoms with Gasteiger partial charge in [0, 0.05) is 28.9 Å². The van der Waals surface area contributed by atoms with Crippen molar-refractivity contribution in [3.63, 3.8) is 0 Å². The standard InChI is InChI=1S/C15H17BrN2O4S/c1-3-23(20,21)18-11-7-12-9(6-10(11)16)13(15(19)17-2)14(22-12)8-4-5-8/h6-8,18H,3-5H2,1-2H3,(H,17,19). The molecule has 0 bridgehead atoms. The van der Waals surface area contributed by atoms with Crippen molar-refractivity contribution in [1.29, 1.82) is 0 Å². The zero-order valence-corrected chi connectivity index (χ0v) is 15.2. The van der Waals surface area contributed by atoms with Crippen LogP contribution in [0.1, 0.15) is 41.8 Å². The fourth-order valence-electron chi connectivity index (χ4n) is 2.45. The summed E-state index contributed by atoms with van der Waals surface area (Å²) in [6.07, 6.45) is 2.00. The number of benzene rings is 1. The van der Waals surface area contributed by atoms with E-state index in [4.69, 9.17) is 4.42 Å². The molecule has 1 heterocycles. The molecule has 1 fully saturated rings. The third-order valence-corrected chi connectivity index (χ3v) is 5.80. The van der Waals surface area contributed by atoms with Crippen molar-refractivity contribution in [3.8, 4) is 0 Å². The number of nitrogens with one attached hydrogen (secondary N) is 2. The van der Waals surface area contributed by atoms with Gasteiger partial charge in [-0.05, 0) is 41.8 Å². The quantitative estimate of drug-likeness (QED) is 0.806. The highest BCUT2D eigenvalue weighted by molar-refractivity contribution is 9.10. The van der Waals surface area contributed by atoms with Gasteiger partial charge in [0.1, 0.15) is 11.3 Å². The Morgan fingerprint density at radius 1 is 1.39 bits per heavy atom. The smallest absolute Gasteiger partial charge is 0.255 e. The molecular formula is C15H17BrN2O4S. The van der Waals surface area contributed by atoms with Gasteiger partial charge >= 0.3 is 0 Å². The predicted molar refractivity (Wildman–Crippen MR) is 92.4 cm³/mol. The Bertz CT molecular complexity index is 885. The van der Waals surface area contributed by atoms with E-state index in [-0.39, 0.29) is 17.6 Å². The van der Waals surface area contributed by atoms with Crippen LogP contribution in [0.2, 0.25) is 0 Å². The van der Waals surface area contributed by atoms with Gasteiger partial charge in [-0.2, -0.15) is 0 Å². The van der Waals surface area contributed by atoms with E-state index in [1.165, 1.54) is 0 Å². The fraction of sp³-hybridized carbons (Fsp3) is 0.400. The van der Waals surface area contributed by atoms with Crippen molar-refractivity contribution >= 4 is 48.5 Å². The Hall–Kier alpha value is -1.54. The molecule has 124 valence electrons. The molecule has 8 heteroatoms. The molecular weight excluding hydrogens is 384 g/mol. The average molecular weight is 401 g/mol. The molecule has 0 aliphatic heterocycles. The number of carbonyl (C=O) groups excluding carboxylic acids is 1. The van der Waals surface area contributed by atoms with Crippen LogP contribution >= 0.6 is 15.9 Å². The minimum atomic E-state index is -3.39. The number of rotatable bonds is 5. The zero-order chi connectivity index (χ0) is 16.8. The summed E-state index contributed by atoms with van der Waals surface area (Å²) in [5.74, 6) is 0.734. The van der Waals surface area contributed by atoms with E-state index in [1.807, 2.05) is 0 Å². The molecule has 1 aromatic heterocycles. The Morgan fingerprint density at radius 3 is 2.65 bits per heavy atom. The summed E-state index contributed by atoms with van der Waals surface area (Å²) in [6, 6.07) is 3.34. The van der Waals surface area contributed by atoms with Crippen LogP contribution in [0.15, 0.2) is 21.0 Å². The van der Waals surface area contributed by atoms with Crippen molar-refractivity contribution in [1.82, 2.24) is 5.32 Å². The lowest BCUT2D eigenvalue weighted by atomic mass is 10.1. The SMILES string of the molecule is CCS(=O)(=O)Nc1cc2oc(C3CC3)c(C(=O)NC)c2cc1Br. The molecule has 1 saturated carbocycles. The van der Waals surface area contributed by atoms with Crippen LogP contribution in [0.3, 0.4) is 0 Å². The number of hydrogen-bond acceptors (Lipinski definition) is 4. The minimum Gasteiger partial charge on any atom is -0.460 e. The highest BCUT2D eigenvalue weighted by atomic mass is 79.9. The highest BCUT2D eigenvalue weighted by Crippen LogP contribution is 2.46. The maximum Gasteiger partial charge on any atom is 0.255 e. The third-order valence-electron chi connectivity index (χ3n) is 3.85. The molecule has 2 N–H and O–H groups in total. The van der Waals surface area contributed by atoms with Gasteiger partial charge in [-0.1, -0.05) is 0 Å². The second-order valence-corrected chi connectivity index (χ2v) is 8.39. The second-order valence-electron chi connectivity index (χ2n) is 5.53. The number of fused-ring (bicyclic) bond motifs is 1. The third kappa shape index (κ3) is 3.10. The van der Waals surface area contributed by atoms with Crippen molar-refractivity contribution in [2.24, 2.45) is 0 Å². The van der Waals surface area contributed by atoms with Gasteiger partial charge in [0.2, 0.25) is 10.0 Å². The molecule has 0 spiro atoms. The van der Waals surface area contributed by atoms with E-state index in [0.29, 0.717) is 32.5 Å². The molecule has 1 aromatic carbocycles. The molecule has 1 aliphatic rings. The molecule has 0 atom stereocenters. The van der Waals surface area contributed by atoms with Gasteiger partial charge in [-0.25, -0.2) is 8.42 Å². The summed E-state index contributed by atoms with van der Waals surface area (Å²) in [5.41, 5.74) is 1.44. The number of amides is 1. The van der Waals surface area contributed by atoms with E-state index in [1.54, 1.807) is 26.1 Å². The summed E-state index contributed by atoms with van der Waals surface area (Å²) in [5, 5.41) is 3.32. The maximum atomic E-state index is 12.2. The fourth-order valence-corrected chi connectivity index (χ4v) is 3.67. The molecule has 6 nitrogen and oxygen atoms in total. The zero-order valence-electron chi connectivity index (χ0n) is 12.8. The lowest BCUT2D eigenvalue weighted by Crippen LogP contribution is -2.18. The van der Waals surface area contributed by atoms with Crippen LogP contribution in [0, 0.1) is 0 Å². The summed E-state index contributed by atoms with van der Waals surface area (Å²) in [6.45, 7) is 1.57. The van der Waals surface area contributed by atoms with E-state index in [0.717, 1.165) is 12.8 Å². The van der Waals surface area contributed by atoms with Crippen LogP contribution in [0.25, 0.3) is 11.0 Å². The van der Waals surface area contributed by atoms with Crippen molar-refractivity contribution in [3.05, 3.63) is 27.9 Å². The number of halogens is 1. The van der Waals surface area contributed by atoms with Crippen LogP contribution in [-0.4, -0.2) is 27.1 Å². The first-order valence-electron chi connectivity index (χ1n) is 7.34. The summed E-state index contributed by atoms with van der Waals surface area (Å²) >= 11 is 3.37. The van der Waals surface area contributed by atoms with E-state index in [2.05, 4.69) is 26.0 Å². The van der Waals surface area contributed by atoms with Crippen LogP contribution in [0.5, 0.6) is 0 Å². The lowest BCUT2D eigenvalue weighted by Gasteiger charge is -2.08. The van der Waals surface area contributed by atoms with Crippen molar-refractivity contribution < 1.29 is 17.6 Å². The monoisotopic (exact) mass is 400 g/mol. The minimum absolute atomic E-state index is 0.0214. The average Bonchev–Trinajstić information content (AvgIpc) is 3.29. The molecule has 1 amide bonds.